The summed E-state index contributed by atoms with van der Waals surface area (Å²) in [6, 6.07) is 6.84. The van der Waals surface area contributed by atoms with E-state index in [-0.39, 0.29) is 11.0 Å². The number of para-hydroxylation sites is 1. The molecule has 6 heteroatoms. The maximum absolute atomic E-state index is 11.9. The summed E-state index contributed by atoms with van der Waals surface area (Å²) >= 11 is 0. The van der Waals surface area contributed by atoms with Crippen LogP contribution in [0.15, 0.2) is 41.5 Å². The molecule has 5 nitrogen and oxygen atoms in total. The molecule has 1 aliphatic heterocycles. The Morgan fingerprint density at radius 1 is 1.37 bits per heavy atom. The van der Waals surface area contributed by atoms with Gasteiger partial charge in [-0.3, -0.25) is 0 Å². The first kappa shape index (κ1) is 13.9. The second kappa shape index (κ2) is 6.08. The normalized spacial score (nSPS) is 18.9. The summed E-state index contributed by atoms with van der Waals surface area (Å²) < 4.78 is 31.5. The Hall–Kier alpha value is -1.53. The van der Waals surface area contributed by atoms with E-state index in [2.05, 4.69) is 10.0 Å². The molecule has 0 fully saturated rings. The number of hydrogen-bond donors (Lipinski definition) is 2. The van der Waals surface area contributed by atoms with Crippen LogP contribution in [0.3, 0.4) is 0 Å². The number of benzene rings is 1. The summed E-state index contributed by atoms with van der Waals surface area (Å²) in [5.74, 6) is 0. The molecule has 19 heavy (non-hydrogen) atoms. The number of hydrogen-bond acceptors (Lipinski definition) is 4. The minimum absolute atomic E-state index is 0.0790. The standard InChI is InChI=1S/C13H18N2O3S/c1-14-19(16,17)13-8-3-2-7-12(13)15-10-11-6-4-5-9-18-11/h2-3,5,7-9,11,14-15H,4,6,10H2,1H3. The van der Waals surface area contributed by atoms with Crippen LogP contribution >= 0.6 is 0 Å². The summed E-state index contributed by atoms with van der Waals surface area (Å²) in [4.78, 5) is 0.254. The van der Waals surface area contributed by atoms with Crippen LogP contribution in [0.25, 0.3) is 0 Å². The van der Waals surface area contributed by atoms with E-state index in [1.165, 1.54) is 7.05 Å². The molecule has 1 aromatic carbocycles. The van der Waals surface area contributed by atoms with Crippen LogP contribution in [-0.4, -0.2) is 28.1 Å². The predicted octanol–water partition coefficient (Wildman–Crippen LogP) is 1.70. The lowest BCUT2D eigenvalue weighted by molar-refractivity contribution is 0.135. The van der Waals surface area contributed by atoms with Gasteiger partial charge in [0, 0.05) is 0 Å². The van der Waals surface area contributed by atoms with Gasteiger partial charge >= 0.3 is 0 Å². The fraction of sp³-hybridized carbons (Fsp3) is 0.385. The van der Waals surface area contributed by atoms with Gasteiger partial charge in [0.25, 0.3) is 0 Å². The minimum Gasteiger partial charge on any atom is -0.497 e. The van der Waals surface area contributed by atoms with E-state index in [0.29, 0.717) is 12.2 Å². The molecule has 0 bridgehead atoms. The maximum Gasteiger partial charge on any atom is 0.242 e. The SMILES string of the molecule is CNS(=O)(=O)c1ccccc1NCC1CCC=CO1. The zero-order valence-electron chi connectivity index (χ0n) is 10.8. The Morgan fingerprint density at radius 3 is 2.84 bits per heavy atom. The van der Waals surface area contributed by atoms with Gasteiger partial charge in [-0.25, -0.2) is 13.1 Å². The van der Waals surface area contributed by atoms with Crippen LogP contribution in [0, 0.1) is 0 Å². The van der Waals surface area contributed by atoms with Crippen molar-refractivity contribution in [2.75, 3.05) is 18.9 Å². The zero-order chi connectivity index (χ0) is 13.7. The molecule has 1 aromatic rings. The highest BCUT2D eigenvalue weighted by Crippen LogP contribution is 2.21. The van der Waals surface area contributed by atoms with Crippen LogP contribution in [0.2, 0.25) is 0 Å². The smallest absolute Gasteiger partial charge is 0.242 e. The molecule has 1 atom stereocenters. The monoisotopic (exact) mass is 282 g/mol. The molecule has 1 unspecified atom stereocenters. The summed E-state index contributed by atoms with van der Waals surface area (Å²) in [5.41, 5.74) is 0.593. The summed E-state index contributed by atoms with van der Waals surface area (Å²) in [6.07, 6.45) is 5.69. The number of sulfonamides is 1. The fourth-order valence-electron chi connectivity index (χ4n) is 1.92. The predicted molar refractivity (Wildman–Crippen MR) is 74.4 cm³/mol. The Kier molecular flexibility index (Phi) is 4.44. The van der Waals surface area contributed by atoms with Crippen LogP contribution < -0.4 is 10.0 Å². The van der Waals surface area contributed by atoms with E-state index < -0.39 is 10.0 Å². The van der Waals surface area contributed by atoms with Crippen LogP contribution in [0.4, 0.5) is 5.69 Å². The number of rotatable bonds is 5. The summed E-state index contributed by atoms with van der Waals surface area (Å²) in [6.45, 7) is 0.584. The Morgan fingerprint density at radius 2 is 2.16 bits per heavy atom. The largest absolute Gasteiger partial charge is 0.497 e. The van der Waals surface area contributed by atoms with E-state index in [0.717, 1.165) is 12.8 Å². The third-order valence-electron chi connectivity index (χ3n) is 2.99. The van der Waals surface area contributed by atoms with Crippen LogP contribution in [0.1, 0.15) is 12.8 Å². The number of allylic oxidation sites excluding steroid dienone is 1. The lowest BCUT2D eigenvalue weighted by atomic mass is 10.1. The first-order valence-corrected chi connectivity index (χ1v) is 7.69. The van der Waals surface area contributed by atoms with Gasteiger partial charge in [-0.05, 0) is 38.1 Å². The second-order valence-electron chi connectivity index (χ2n) is 4.29. The first-order chi connectivity index (χ1) is 9.13. The first-order valence-electron chi connectivity index (χ1n) is 6.20. The third kappa shape index (κ3) is 3.48. The quantitative estimate of drug-likeness (QED) is 0.862. The van der Waals surface area contributed by atoms with Crippen molar-refractivity contribution in [3.63, 3.8) is 0 Å². The van der Waals surface area contributed by atoms with Gasteiger partial charge in [-0.15, -0.1) is 0 Å². The van der Waals surface area contributed by atoms with Crippen LogP contribution in [0.5, 0.6) is 0 Å². The highest BCUT2D eigenvalue weighted by molar-refractivity contribution is 7.89. The summed E-state index contributed by atoms with van der Waals surface area (Å²) in [7, 11) is -2.05. The highest BCUT2D eigenvalue weighted by Gasteiger charge is 2.17. The molecule has 0 saturated heterocycles. The van der Waals surface area contributed by atoms with Crippen molar-refractivity contribution in [3.8, 4) is 0 Å². The lowest BCUT2D eigenvalue weighted by Crippen LogP contribution is -2.25. The van der Waals surface area contributed by atoms with Crippen molar-refractivity contribution < 1.29 is 13.2 Å². The van der Waals surface area contributed by atoms with Crippen molar-refractivity contribution >= 4 is 15.7 Å². The van der Waals surface area contributed by atoms with E-state index in [1.54, 1.807) is 30.5 Å². The van der Waals surface area contributed by atoms with Gasteiger partial charge in [0.2, 0.25) is 10.0 Å². The van der Waals surface area contributed by atoms with Gasteiger partial charge < -0.3 is 10.1 Å². The van der Waals surface area contributed by atoms with E-state index in [9.17, 15) is 8.42 Å². The Labute approximate surface area is 113 Å². The molecule has 0 aliphatic carbocycles. The summed E-state index contributed by atoms with van der Waals surface area (Å²) in [5, 5.41) is 3.15. The highest BCUT2D eigenvalue weighted by atomic mass is 32.2. The molecule has 104 valence electrons. The molecular weight excluding hydrogens is 264 g/mol. The van der Waals surface area contributed by atoms with E-state index >= 15 is 0 Å². The number of nitrogens with one attached hydrogen (secondary N) is 2. The molecule has 1 heterocycles. The average Bonchev–Trinajstić information content (AvgIpc) is 2.46. The molecule has 0 radical (unpaired) electrons. The topological polar surface area (TPSA) is 67.4 Å². The van der Waals surface area contributed by atoms with Crippen molar-refractivity contribution in [3.05, 3.63) is 36.6 Å². The molecule has 2 N–H and O–H groups in total. The maximum atomic E-state index is 11.9. The van der Waals surface area contributed by atoms with Crippen LogP contribution in [-0.2, 0) is 14.8 Å². The Bertz CT molecular complexity index is 555. The molecule has 0 spiro atoms. The van der Waals surface area contributed by atoms with Gasteiger partial charge in [0.05, 0.1) is 18.5 Å². The van der Waals surface area contributed by atoms with Crippen molar-refractivity contribution in [1.82, 2.24) is 4.72 Å². The minimum atomic E-state index is -3.45. The average molecular weight is 282 g/mol. The van der Waals surface area contributed by atoms with E-state index in [4.69, 9.17) is 4.74 Å². The molecule has 2 rings (SSSR count). The lowest BCUT2D eigenvalue weighted by Gasteiger charge is -2.21. The number of ether oxygens (including phenoxy) is 1. The van der Waals surface area contributed by atoms with Gasteiger partial charge in [-0.2, -0.15) is 0 Å². The van der Waals surface area contributed by atoms with Gasteiger partial charge in [-0.1, -0.05) is 12.1 Å². The van der Waals surface area contributed by atoms with Crippen molar-refractivity contribution in [2.24, 2.45) is 0 Å². The second-order valence-corrected chi connectivity index (χ2v) is 6.15. The molecule has 0 amide bonds. The molecular formula is C13H18N2O3S. The Balaban J connectivity index is 2.10. The van der Waals surface area contributed by atoms with E-state index in [1.807, 2.05) is 6.08 Å². The van der Waals surface area contributed by atoms with Crippen molar-refractivity contribution in [2.45, 2.75) is 23.8 Å². The zero-order valence-corrected chi connectivity index (χ0v) is 11.6. The molecule has 0 saturated carbocycles. The number of anilines is 1. The van der Waals surface area contributed by atoms with Gasteiger partial charge in [0.1, 0.15) is 11.0 Å². The van der Waals surface area contributed by atoms with Crippen molar-refractivity contribution in [1.29, 1.82) is 0 Å². The fourth-order valence-corrected chi connectivity index (χ4v) is 2.82. The molecule has 0 aromatic heterocycles. The van der Waals surface area contributed by atoms with Gasteiger partial charge in [0.15, 0.2) is 0 Å². The third-order valence-corrected chi connectivity index (χ3v) is 4.46. The molecule has 1 aliphatic rings.